The maximum absolute atomic E-state index is 13.4. The summed E-state index contributed by atoms with van der Waals surface area (Å²) in [7, 11) is -0.655. The van der Waals surface area contributed by atoms with E-state index < -0.39 is 21.4 Å². The van der Waals surface area contributed by atoms with Crippen LogP contribution in [0, 0.1) is 17.1 Å². The van der Waals surface area contributed by atoms with Crippen molar-refractivity contribution >= 4 is 10.0 Å². The number of hydrogen-bond acceptors (Lipinski definition) is 4. The van der Waals surface area contributed by atoms with Crippen molar-refractivity contribution in [2.75, 3.05) is 27.2 Å². The Morgan fingerprint density at radius 2 is 2.16 bits per heavy atom. The first kappa shape index (κ1) is 15.6. The normalized spacial score (nSPS) is 11.5. The van der Waals surface area contributed by atoms with Gasteiger partial charge < -0.3 is 5.32 Å². The van der Waals surface area contributed by atoms with Gasteiger partial charge in [-0.25, -0.2) is 17.1 Å². The molecule has 0 fully saturated rings. The van der Waals surface area contributed by atoms with Gasteiger partial charge in [0.2, 0.25) is 10.0 Å². The predicted octanol–water partition coefficient (Wildman–Crippen LogP) is 0.927. The van der Waals surface area contributed by atoms with Crippen molar-refractivity contribution in [2.45, 2.75) is 11.3 Å². The number of hydrogen-bond donors (Lipinski definition) is 1. The lowest BCUT2D eigenvalue weighted by atomic mass is 10.2. The number of benzene rings is 1. The van der Waals surface area contributed by atoms with Crippen LogP contribution in [0.1, 0.15) is 12.0 Å². The number of sulfonamides is 1. The summed E-state index contributed by atoms with van der Waals surface area (Å²) in [6.07, 6.45) is 0.628. The molecule has 104 valence electrons. The van der Waals surface area contributed by atoms with Crippen LogP contribution in [0.25, 0.3) is 0 Å². The van der Waals surface area contributed by atoms with Crippen molar-refractivity contribution < 1.29 is 12.8 Å². The lowest BCUT2D eigenvalue weighted by Crippen LogP contribution is -2.30. The van der Waals surface area contributed by atoms with Crippen LogP contribution in [0.4, 0.5) is 4.39 Å². The van der Waals surface area contributed by atoms with E-state index in [1.54, 1.807) is 13.1 Å². The predicted molar refractivity (Wildman–Crippen MR) is 69.5 cm³/mol. The molecule has 1 N–H and O–H groups in total. The molecule has 0 aliphatic rings. The summed E-state index contributed by atoms with van der Waals surface area (Å²) in [6.45, 7) is 0.971. The van der Waals surface area contributed by atoms with Gasteiger partial charge in [0.1, 0.15) is 22.3 Å². The Bertz CT molecular complexity index is 581. The summed E-state index contributed by atoms with van der Waals surface area (Å²) >= 11 is 0. The van der Waals surface area contributed by atoms with Crippen molar-refractivity contribution in [1.82, 2.24) is 9.62 Å². The van der Waals surface area contributed by atoms with Gasteiger partial charge in [-0.3, -0.25) is 0 Å². The molecule has 1 aromatic rings. The van der Waals surface area contributed by atoms with E-state index in [0.717, 1.165) is 10.4 Å². The molecule has 1 aromatic carbocycles. The summed E-state index contributed by atoms with van der Waals surface area (Å²) in [6, 6.07) is 5.19. The van der Waals surface area contributed by atoms with Crippen LogP contribution in [-0.4, -0.2) is 39.9 Å². The van der Waals surface area contributed by atoms with Crippen LogP contribution in [-0.2, 0) is 10.0 Å². The molecular weight excluding hydrogens is 269 g/mol. The molecule has 0 amide bonds. The maximum Gasteiger partial charge on any atom is 0.244 e. The Morgan fingerprint density at radius 3 is 2.74 bits per heavy atom. The molecule has 0 aliphatic heterocycles. The molecule has 19 heavy (non-hydrogen) atoms. The van der Waals surface area contributed by atoms with Gasteiger partial charge in [0.15, 0.2) is 0 Å². The highest BCUT2D eigenvalue weighted by Gasteiger charge is 2.25. The quantitative estimate of drug-likeness (QED) is 0.789. The third-order valence-corrected chi connectivity index (χ3v) is 4.57. The van der Waals surface area contributed by atoms with Crippen LogP contribution in [0.15, 0.2) is 23.1 Å². The molecule has 0 aliphatic carbocycles. The van der Waals surface area contributed by atoms with Crippen LogP contribution in [0.2, 0.25) is 0 Å². The number of halogens is 1. The lowest BCUT2D eigenvalue weighted by Gasteiger charge is -2.17. The summed E-state index contributed by atoms with van der Waals surface area (Å²) in [5, 5.41) is 11.8. The smallest absolute Gasteiger partial charge is 0.244 e. The Hall–Kier alpha value is -1.49. The first-order valence-corrected chi connectivity index (χ1v) is 7.18. The zero-order valence-corrected chi connectivity index (χ0v) is 11.7. The van der Waals surface area contributed by atoms with E-state index in [0.29, 0.717) is 19.5 Å². The standard InChI is InChI=1S/C12H16FN3O2S/c1-15-7-4-8-16(2)19(17,18)12-6-3-5-11(13)10(12)9-14/h3,5-6,15H,4,7-8H2,1-2H3. The minimum absolute atomic E-state index is 0.290. The molecule has 5 nitrogen and oxygen atoms in total. The van der Waals surface area contributed by atoms with Gasteiger partial charge >= 0.3 is 0 Å². The fraction of sp³-hybridized carbons (Fsp3) is 0.417. The highest BCUT2D eigenvalue weighted by molar-refractivity contribution is 7.89. The Labute approximate surface area is 112 Å². The minimum atomic E-state index is -3.84. The number of nitrogens with zero attached hydrogens (tertiary/aromatic N) is 2. The van der Waals surface area contributed by atoms with Crippen LogP contribution < -0.4 is 5.32 Å². The van der Waals surface area contributed by atoms with Crippen molar-refractivity contribution in [3.8, 4) is 6.07 Å². The molecule has 7 heteroatoms. The van der Waals surface area contributed by atoms with E-state index in [1.165, 1.54) is 19.2 Å². The average molecular weight is 285 g/mol. The Balaban J connectivity index is 3.08. The second kappa shape index (κ2) is 6.61. The first-order chi connectivity index (χ1) is 8.95. The van der Waals surface area contributed by atoms with Gasteiger partial charge in [0, 0.05) is 13.6 Å². The molecule has 0 aromatic heterocycles. The number of rotatable bonds is 6. The van der Waals surface area contributed by atoms with Crippen LogP contribution in [0.3, 0.4) is 0 Å². The highest BCUT2D eigenvalue weighted by atomic mass is 32.2. The molecule has 0 radical (unpaired) electrons. The molecule has 0 saturated heterocycles. The van der Waals surface area contributed by atoms with Crippen LogP contribution in [0.5, 0.6) is 0 Å². The molecule has 0 heterocycles. The molecule has 0 atom stereocenters. The van der Waals surface area contributed by atoms with E-state index in [2.05, 4.69) is 5.32 Å². The first-order valence-electron chi connectivity index (χ1n) is 5.74. The van der Waals surface area contributed by atoms with Crippen molar-refractivity contribution in [3.05, 3.63) is 29.6 Å². The van der Waals surface area contributed by atoms with Crippen molar-refractivity contribution in [3.63, 3.8) is 0 Å². The van der Waals surface area contributed by atoms with Gasteiger partial charge in [-0.2, -0.15) is 5.26 Å². The van der Waals surface area contributed by atoms with E-state index in [-0.39, 0.29) is 4.90 Å². The minimum Gasteiger partial charge on any atom is -0.320 e. The van der Waals surface area contributed by atoms with Crippen molar-refractivity contribution in [1.29, 1.82) is 5.26 Å². The topological polar surface area (TPSA) is 73.2 Å². The second-order valence-corrected chi connectivity index (χ2v) is 6.02. The van der Waals surface area contributed by atoms with Gasteiger partial charge in [-0.15, -0.1) is 0 Å². The fourth-order valence-electron chi connectivity index (χ4n) is 1.59. The van der Waals surface area contributed by atoms with Gasteiger partial charge in [-0.1, -0.05) is 6.07 Å². The monoisotopic (exact) mass is 285 g/mol. The fourth-order valence-corrected chi connectivity index (χ4v) is 2.95. The third kappa shape index (κ3) is 3.50. The second-order valence-electron chi connectivity index (χ2n) is 4.01. The number of nitrogens with one attached hydrogen (secondary N) is 1. The summed E-state index contributed by atoms with van der Waals surface area (Å²) in [5.74, 6) is -0.827. The zero-order valence-electron chi connectivity index (χ0n) is 10.9. The van der Waals surface area contributed by atoms with Crippen LogP contribution >= 0.6 is 0 Å². The van der Waals surface area contributed by atoms with E-state index in [1.807, 2.05) is 0 Å². The average Bonchev–Trinajstić information content (AvgIpc) is 2.38. The molecule has 0 unspecified atom stereocenters. The Morgan fingerprint density at radius 1 is 1.47 bits per heavy atom. The molecule has 0 bridgehead atoms. The molecule has 0 saturated carbocycles. The van der Waals surface area contributed by atoms with Gasteiger partial charge in [0.05, 0.1) is 0 Å². The van der Waals surface area contributed by atoms with Crippen molar-refractivity contribution in [2.24, 2.45) is 0 Å². The van der Waals surface area contributed by atoms with Gasteiger partial charge in [0.25, 0.3) is 0 Å². The summed E-state index contributed by atoms with van der Waals surface area (Å²) in [4.78, 5) is -0.290. The van der Waals surface area contributed by atoms with Gasteiger partial charge in [-0.05, 0) is 32.1 Å². The molecule has 1 rings (SSSR count). The zero-order chi connectivity index (χ0) is 14.5. The highest BCUT2D eigenvalue weighted by Crippen LogP contribution is 2.21. The Kier molecular flexibility index (Phi) is 5.42. The number of nitriles is 1. The largest absolute Gasteiger partial charge is 0.320 e. The molecular formula is C12H16FN3O2S. The summed E-state index contributed by atoms with van der Waals surface area (Å²) in [5.41, 5.74) is -0.442. The third-order valence-electron chi connectivity index (χ3n) is 2.68. The lowest BCUT2D eigenvalue weighted by molar-refractivity contribution is 0.457. The van der Waals surface area contributed by atoms with E-state index in [4.69, 9.17) is 5.26 Å². The van der Waals surface area contributed by atoms with E-state index >= 15 is 0 Å². The summed E-state index contributed by atoms with van der Waals surface area (Å²) < 4.78 is 39.1. The maximum atomic E-state index is 13.4. The molecule has 0 spiro atoms. The SMILES string of the molecule is CNCCCN(C)S(=O)(=O)c1cccc(F)c1C#N. The van der Waals surface area contributed by atoms with E-state index in [9.17, 15) is 12.8 Å².